The molecule has 0 spiro atoms. The Hall–Kier alpha value is -2.03. The largest absolute Gasteiger partial charge is 0.318 e. The fraction of sp³-hybridized carbons (Fsp3) is 0.0952. The van der Waals surface area contributed by atoms with Gasteiger partial charge in [0.15, 0.2) is 0 Å². The monoisotopic (exact) mass is 458 g/mol. The van der Waals surface area contributed by atoms with Gasteiger partial charge in [0.1, 0.15) is 0 Å². The van der Waals surface area contributed by atoms with Crippen LogP contribution >= 0.6 is 34.2 Å². The Balaban J connectivity index is 2.12. The summed E-state index contributed by atoms with van der Waals surface area (Å²) in [6.07, 6.45) is 1.91. The van der Waals surface area contributed by atoms with Crippen molar-refractivity contribution >= 4 is 45.8 Å². The van der Waals surface area contributed by atoms with Crippen molar-refractivity contribution in [2.75, 3.05) is 0 Å². The first-order valence-corrected chi connectivity index (χ1v) is 9.28. The Morgan fingerprint density at radius 1 is 1.12 bits per heavy atom. The molecule has 0 aliphatic heterocycles. The Labute approximate surface area is 166 Å². The van der Waals surface area contributed by atoms with Gasteiger partial charge in [0, 0.05) is 31.2 Å². The molecule has 2 nitrogen and oxygen atoms in total. The molecule has 3 rings (SSSR count). The van der Waals surface area contributed by atoms with E-state index in [2.05, 4.69) is 77.4 Å². The van der Waals surface area contributed by atoms with E-state index in [1.165, 1.54) is 3.57 Å². The molecule has 1 heterocycles. The van der Waals surface area contributed by atoms with Crippen molar-refractivity contribution < 1.29 is 0 Å². The normalized spacial score (nSPS) is 11.4. The highest BCUT2D eigenvalue weighted by Gasteiger charge is 2.12. The number of aromatic nitrogens is 1. The maximum Gasteiger partial charge on any atom is 0.0998 e. The van der Waals surface area contributed by atoms with Crippen molar-refractivity contribution in [3.05, 3.63) is 85.7 Å². The molecule has 0 radical (unpaired) electrons. The minimum Gasteiger partial charge on any atom is -0.318 e. The summed E-state index contributed by atoms with van der Waals surface area (Å²) < 4.78 is 3.39. The molecule has 0 saturated carbocycles. The summed E-state index contributed by atoms with van der Waals surface area (Å²) in [6, 6.07) is 20.2. The second-order valence-electron chi connectivity index (χ2n) is 5.79. The maximum absolute atomic E-state index is 9.60. The van der Waals surface area contributed by atoms with E-state index in [0.717, 1.165) is 28.2 Å². The summed E-state index contributed by atoms with van der Waals surface area (Å²) in [4.78, 5) is 0. The van der Waals surface area contributed by atoms with Crippen molar-refractivity contribution in [1.29, 1.82) is 5.26 Å². The topological polar surface area (TPSA) is 28.7 Å². The predicted molar refractivity (Wildman–Crippen MR) is 113 cm³/mol. The lowest BCUT2D eigenvalue weighted by molar-refractivity contribution is 0.963. The molecule has 4 heteroatoms. The van der Waals surface area contributed by atoms with Gasteiger partial charge in [0.25, 0.3) is 0 Å². The molecule has 0 N–H and O–H groups in total. The van der Waals surface area contributed by atoms with Gasteiger partial charge in [0.2, 0.25) is 0 Å². The number of halogens is 2. The van der Waals surface area contributed by atoms with Crippen molar-refractivity contribution in [3.8, 4) is 11.8 Å². The van der Waals surface area contributed by atoms with Gasteiger partial charge >= 0.3 is 0 Å². The predicted octanol–water partition coefficient (Wildman–Crippen LogP) is 6.42. The summed E-state index contributed by atoms with van der Waals surface area (Å²) in [6.45, 7) is 4.14. The highest BCUT2D eigenvalue weighted by Crippen LogP contribution is 2.28. The van der Waals surface area contributed by atoms with Gasteiger partial charge in [0.05, 0.1) is 11.6 Å². The van der Waals surface area contributed by atoms with Crippen LogP contribution in [0.2, 0.25) is 5.02 Å². The number of hydrogen-bond donors (Lipinski definition) is 0. The van der Waals surface area contributed by atoms with Crippen LogP contribution in [-0.2, 0) is 0 Å². The second-order valence-corrected chi connectivity index (χ2v) is 7.44. The molecule has 0 fully saturated rings. The van der Waals surface area contributed by atoms with Gasteiger partial charge in [-0.1, -0.05) is 35.9 Å². The van der Waals surface area contributed by atoms with Gasteiger partial charge in [-0.15, -0.1) is 0 Å². The molecular weight excluding hydrogens is 443 g/mol. The van der Waals surface area contributed by atoms with E-state index in [9.17, 15) is 5.26 Å². The van der Waals surface area contributed by atoms with Gasteiger partial charge < -0.3 is 4.57 Å². The summed E-state index contributed by atoms with van der Waals surface area (Å²) in [7, 11) is 0. The molecule has 2 aromatic carbocycles. The van der Waals surface area contributed by atoms with Crippen LogP contribution in [0.15, 0.2) is 54.6 Å². The summed E-state index contributed by atoms with van der Waals surface area (Å²) in [5.74, 6) is 0. The number of rotatable bonds is 3. The highest BCUT2D eigenvalue weighted by atomic mass is 127. The standard InChI is InChI=1S/C21H16ClIN2/c1-14-10-16(11-17(13-24)20-8-3-4-9-21(20)22)15(2)25(14)19-7-5-6-18(23)12-19/h3-12H,1-2H3. The van der Waals surface area contributed by atoms with Crippen LogP contribution in [-0.4, -0.2) is 4.57 Å². The average molecular weight is 459 g/mol. The molecule has 0 aliphatic carbocycles. The summed E-state index contributed by atoms with van der Waals surface area (Å²) in [5.41, 5.74) is 5.69. The Kier molecular flexibility index (Phi) is 5.31. The van der Waals surface area contributed by atoms with Crippen molar-refractivity contribution in [2.45, 2.75) is 13.8 Å². The molecule has 0 atom stereocenters. The van der Waals surface area contributed by atoms with Crippen LogP contribution in [0.4, 0.5) is 0 Å². The molecule has 25 heavy (non-hydrogen) atoms. The zero-order valence-electron chi connectivity index (χ0n) is 13.9. The SMILES string of the molecule is Cc1cc(C=C(C#N)c2ccccc2Cl)c(C)n1-c1cccc(I)c1. The van der Waals surface area contributed by atoms with Crippen molar-refractivity contribution in [1.82, 2.24) is 4.57 Å². The van der Waals surface area contributed by atoms with Crippen LogP contribution < -0.4 is 0 Å². The van der Waals surface area contributed by atoms with Crippen LogP contribution in [0.1, 0.15) is 22.5 Å². The first-order valence-electron chi connectivity index (χ1n) is 7.83. The molecule has 0 amide bonds. The first kappa shape index (κ1) is 17.8. The summed E-state index contributed by atoms with van der Waals surface area (Å²) in [5, 5.41) is 10.2. The maximum atomic E-state index is 9.60. The van der Waals surface area contributed by atoms with Gasteiger partial charge in [-0.2, -0.15) is 5.26 Å². The number of nitriles is 1. The third-order valence-corrected chi connectivity index (χ3v) is 5.12. The fourth-order valence-corrected chi connectivity index (χ4v) is 3.72. The van der Waals surface area contributed by atoms with Crippen LogP contribution in [0, 0.1) is 28.7 Å². The van der Waals surface area contributed by atoms with Crippen LogP contribution in [0.25, 0.3) is 17.3 Å². The third-order valence-electron chi connectivity index (χ3n) is 4.12. The van der Waals surface area contributed by atoms with E-state index < -0.39 is 0 Å². The second kappa shape index (κ2) is 7.47. The van der Waals surface area contributed by atoms with Crippen molar-refractivity contribution in [2.24, 2.45) is 0 Å². The molecular formula is C21H16ClIN2. The Morgan fingerprint density at radius 3 is 2.56 bits per heavy atom. The zero-order valence-corrected chi connectivity index (χ0v) is 16.8. The van der Waals surface area contributed by atoms with E-state index in [4.69, 9.17) is 11.6 Å². The molecule has 124 valence electrons. The minimum absolute atomic E-state index is 0.563. The molecule has 0 aliphatic rings. The minimum atomic E-state index is 0.563. The van der Waals surface area contributed by atoms with E-state index in [1.807, 2.05) is 24.3 Å². The lowest BCUT2D eigenvalue weighted by Crippen LogP contribution is -1.99. The average Bonchev–Trinajstić information content (AvgIpc) is 2.87. The Bertz CT molecular complexity index is 1010. The Morgan fingerprint density at radius 2 is 1.88 bits per heavy atom. The van der Waals surface area contributed by atoms with Gasteiger partial charge in [-0.05, 0) is 78.4 Å². The fourth-order valence-electron chi connectivity index (χ4n) is 2.95. The quantitative estimate of drug-likeness (QED) is 0.329. The van der Waals surface area contributed by atoms with Crippen LogP contribution in [0.5, 0.6) is 0 Å². The zero-order chi connectivity index (χ0) is 18.0. The number of hydrogen-bond acceptors (Lipinski definition) is 1. The van der Waals surface area contributed by atoms with Gasteiger partial charge in [-0.3, -0.25) is 0 Å². The molecule has 0 unspecified atom stereocenters. The molecule has 1 aromatic heterocycles. The number of nitrogens with zero attached hydrogens (tertiary/aromatic N) is 2. The molecule has 3 aromatic rings. The molecule has 0 bridgehead atoms. The summed E-state index contributed by atoms with van der Waals surface area (Å²) >= 11 is 8.57. The van der Waals surface area contributed by atoms with Gasteiger partial charge in [-0.25, -0.2) is 0 Å². The number of aryl methyl sites for hydroxylation is 1. The lowest BCUT2D eigenvalue weighted by Gasteiger charge is -2.10. The van der Waals surface area contributed by atoms with E-state index in [0.29, 0.717) is 10.6 Å². The lowest BCUT2D eigenvalue weighted by atomic mass is 10.0. The van der Waals surface area contributed by atoms with E-state index in [1.54, 1.807) is 6.07 Å². The van der Waals surface area contributed by atoms with E-state index >= 15 is 0 Å². The number of benzene rings is 2. The smallest absolute Gasteiger partial charge is 0.0998 e. The van der Waals surface area contributed by atoms with Crippen molar-refractivity contribution in [3.63, 3.8) is 0 Å². The highest BCUT2D eigenvalue weighted by molar-refractivity contribution is 14.1. The number of allylic oxidation sites excluding steroid dienone is 1. The van der Waals surface area contributed by atoms with E-state index in [-0.39, 0.29) is 0 Å². The third kappa shape index (κ3) is 3.65. The first-order chi connectivity index (χ1) is 12.0. The van der Waals surface area contributed by atoms with Crippen LogP contribution in [0.3, 0.4) is 0 Å². The molecule has 0 saturated heterocycles.